The first kappa shape index (κ1) is 6.74. The van der Waals surface area contributed by atoms with Gasteiger partial charge in [0.2, 0.25) is 0 Å². The normalized spacial score (nSPS) is 9.30. The van der Waals surface area contributed by atoms with Gasteiger partial charge in [-0.3, -0.25) is 9.36 Å². The Bertz CT molecular complexity index is 301. The van der Waals surface area contributed by atoms with Crippen LogP contribution in [0.4, 0.5) is 0 Å². The molecule has 3 heteroatoms. The molecule has 1 heterocycles. The van der Waals surface area contributed by atoms with Crippen molar-refractivity contribution < 1.29 is 0 Å². The minimum Gasteiger partial charge on any atom is -0.272 e. The second-order valence-electron chi connectivity index (χ2n) is 1.88. The highest BCUT2D eigenvalue weighted by Gasteiger charge is 1.92. The van der Waals surface area contributed by atoms with Crippen molar-refractivity contribution in [1.82, 2.24) is 9.55 Å². The molecule has 1 aromatic heterocycles. The van der Waals surface area contributed by atoms with Crippen molar-refractivity contribution in [3.05, 3.63) is 35.0 Å². The Kier molecular flexibility index (Phi) is 1.67. The fourth-order valence-corrected chi connectivity index (χ4v) is 0.733. The maximum atomic E-state index is 10.9. The number of aryl methyl sites for hydroxylation is 1. The van der Waals surface area contributed by atoms with Gasteiger partial charge in [0.1, 0.15) is 5.82 Å². The average Bonchev–Trinajstić information content (AvgIpc) is 1.88. The molecule has 0 amide bonds. The van der Waals surface area contributed by atoms with Crippen LogP contribution in [0.1, 0.15) is 5.82 Å². The summed E-state index contributed by atoms with van der Waals surface area (Å²) < 4.78 is 1.39. The molecule has 0 radical (unpaired) electrons. The molecule has 0 atom stereocenters. The maximum absolute atomic E-state index is 10.9. The van der Waals surface area contributed by atoms with Gasteiger partial charge in [-0.1, -0.05) is 6.58 Å². The number of rotatable bonds is 1. The molecule has 0 spiro atoms. The average molecular weight is 136 g/mol. The van der Waals surface area contributed by atoms with Crippen LogP contribution in [-0.2, 0) is 0 Å². The summed E-state index contributed by atoms with van der Waals surface area (Å²) in [4.78, 5) is 14.8. The van der Waals surface area contributed by atoms with Gasteiger partial charge in [-0.05, 0) is 6.92 Å². The zero-order valence-corrected chi connectivity index (χ0v) is 5.74. The molecular weight excluding hydrogens is 128 g/mol. The summed E-state index contributed by atoms with van der Waals surface area (Å²) in [5.74, 6) is 0.655. The molecule has 0 bridgehead atoms. The summed E-state index contributed by atoms with van der Waals surface area (Å²) in [6.07, 6.45) is 2.93. The lowest BCUT2D eigenvalue weighted by atomic mass is 10.5. The SMILES string of the molecule is C=Cn1c(C)nccc1=O. The fraction of sp³-hybridized carbons (Fsp3) is 0.143. The largest absolute Gasteiger partial charge is 0.272 e. The van der Waals surface area contributed by atoms with E-state index in [9.17, 15) is 4.79 Å². The monoisotopic (exact) mass is 136 g/mol. The van der Waals surface area contributed by atoms with E-state index in [1.165, 1.54) is 23.0 Å². The van der Waals surface area contributed by atoms with Crippen molar-refractivity contribution in [2.45, 2.75) is 6.92 Å². The third-order valence-electron chi connectivity index (χ3n) is 1.25. The van der Waals surface area contributed by atoms with E-state index in [1.807, 2.05) is 0 Å². The number of hydrogen-bond donors (Lipinski definition) is 0. The number of hydrogen-bond acceptors (Lipinski definition) is 2. The Morgan fingerprint density at radius 1 is 1.80 bits per heavy atom. The molecule has 52 valence electrons. The highest BCUT2D eigenvalue weighted by molar-refractivity contribution is 5.18. The third kappa shape index (κ3) is 0.978. The second kappa shape index (κ2) is 2.47. The predicted molar refractivity (Wildman–Crippen MR) is 39.6 cm³/mol. The molecule has 3 nitrogen and oxygen atoms in total. The Labute approximate surface area is 58.6 Å². The Morgan fingerprint density at radius 3 is 2.90 bits per heavy atom. The van der Waals surface area contributed by atoms with E-state index in [0.717, 1.165) is 0 Å². The van der Waals surface area contributed by atoms with Gasteiger partial charge in [0.15, 0.2) is 0 Å². The second-order valence-corrected chi connectivity index (χ2v) is 1.88. The van der Waals surface area contributed by atoms with Gasteiger partial charge in [-0.25, -0.2) is 4.98 Å². The van der Waals surface area contributed by atoms with Gasteiger partial charge >= 0.3 is 0 Å². The van der Waals surface area contributed by atoms with Gasteiger partial charge < -0.3 is 0 Å². The van der Waals surface area contributed by atoms with Crippen molar-refractivity contribution in [1.29, 1.82) is 0 Å². The van der Waals surface area contributed by atoms with E-state index in [4.69, 9.17) is 0 Å². The van der Waals surface area contributed by atoms with Crippen molar-refractivity contribution in [2.24, 2.45) is 0 Å². The van der Waals surface area contributed by atoms with Crippen molar-refractivity contribution in [3.63, 3.8) is 0 Å². The molecule has 0 fully saturated rings. The van der Waals surface area contributed by atoms with Crippen molar-refractivity contribution in [3.8, 4) is 0 Å². The highest BCUT2D eigenvalue weighted by atomic mass is 16.1. The quantitative estimate of drug-likeness (QED) is 0.568. The van der Waals surface area contributed by atoms with Gasteiger partial charge in [-0.15, -0.1) is 0 Å². The van der Waals surface area contributed by atoms with Gasteiger partial charge in [-0.2, -0.15) is 0 Å². The number of aromatic nitrogens is 2. The predicted octanol–water partition coefficient (Wildman–Crippen LogP) is 0.652. The van der Waals surface area contributed by atoms with Gasteiger partial charge in [0, 0.05) is 18.5 Å². The molecule has 0 aromatic carbocycles. The summed E-state index contributed by atoms with van der Waals surface area (Å²) >= 11 is 0. The lowest BCUT2D eigenvalue weighted by Gasteiger charge is -1.98. The first-order valence-electron chi connectivity index (χ1n) is 2.92. The number of nitrogens with zero attached hydrogens (tertiary/aromatic N) is 2. The summed E-state index contributed by atoms with van der Waals surface area (Å²) in [5.41, 5.74) is -0.0949. The summed E-state index contributed by atoms with van der Waals surface area (Å²) in [5, 5.41) is 0. The van der Waals surface area contributed by atoms with Crippen LogP contribution in [0.25, 0.3) is 6.20 Å². The van der Waals surface area contributed by atoms with Crippen LogP contribution >= 0.6 is 0 Å². The summed E-state index contributed by atoms with van der Waals surface area (Å²) in [6, 6.07) is 1.40. The molecule has 0 saturated heterocycles. The molecule has 1 aromatic rings. The Balaban J connectivity index is 3.45. The first-order valence-corrected chi connectivity index (χ1v) is 2.92. The minimum atomic E-state index is -0.0949. The molecule has 0 aliphatic rings. The van der Waals surface area contributed by atoms with E-state index < -0.39 is 0 Å². The maximum Gasteiger partial charge on any atom is 0.257 e. The van der Waals surface area contributed by atoms with Crippen LogP contribution in [0.2, 0.25) is 0 Å². The van der Waals surface area contributed by atoms with E-state index >= 15 is 0 Å². The molecule has 1 rings (SSSR count). The van der Waals surface area contributed by atoms with Crippen LogP contribution in [0.3, 0.4) is 0 Å². The Morgan fingerprint density at radius 2 is 2.50 bits per heavy atom. The van der Waals surface area contributed by atoms with E-state index in [-0.39, 0.29) is 5.56 Å². The summed E-state index contributed by atoms with van der Waals surface area (Å²) in [6.45, 7) is 5.23. The molecule has 0 unspecified atom stereocenters. The van der Waals surface area contributed by atoms with Crippen molar-refractivity contribution in [2.75, 3.05) is 0 Å². The minimum absolute atomic E-state index is 0.0949. The molecule has 0 saturated carbocycles. The van der Waals surface area contributed by atoms with Crippen LogP contribution in [-0.4, -0.2) is 9.55 Å². The van der Waals surface area contributed by atoms with E-state index in [0.29, 0.717) is 5.82 Å². The molecular formula is C7H8N2O. The fourth-order valence-electron chi connectivity index (χ4n) is 0.733. The van der Waals surface area contributed by atoms with Crippen LogP contribution in [0.15, 0.2) is 23.6 Å². The first-order chi connectivity index (χ1) is 4.75. The van der Waals surface area contributed by atoms with Gasteiger partial charge in [0.05, 0.1) is 0 Å². The zero-order chi connectivity index (χ0) is 7.56. The third-order valence-corrected chi connectivity index (χ3v) is 1.25. The van der Waals surface area contributed by atoms with Crippen molar-refractivity contribution >= 4 is 6.20 Å². The summed E-state index contributed by atoms with van der Waals surface area (Å²) in [7, 11) is 0. The van der Waals surface area contributed by atoms with Gasteiger partial charge in [0.25, 0.3) is 5.56 Å². The van der Waals surface area contributed by atoms with Crippen LogP contribution in [0.5, 0.6) is 0 Å². The standard InChI is InChI=1S/C7H8N2O/c1-3-9-6(2)8-5-4-7(9)10/h3-5H,1H2,2H3. The van der Waals surface area contributed by atoms with E-state index in [2.05, 4.69) is 11.6 Å². The Hall–Kier alpha value is -1.38. The van der Waals surface area contributed by atoms with E-state index in [1.54, 1.807) is 6.92 Å². The van der Waals surface area contributed by atoms with Crippen LogP contribution < -0.4 is 5.56 Å². The zero-order valence-electron chi connectivity index (χ0n) is 5.74. The topological polar surface area (TPSA) is 34.9 Å². The lowest BCUT2D eigenvalue weighted by molar-refractivity contribution is 0.913. The van der Waals surface area contributed by atoms with Crippen LogP contribution in [0, 0.1) is 6.92 Å². The highest BCUT2D eigenvalue weighted by Crippen LogP contribution is 1.85. The molecule has 0 aliphatic heterocycles. The molecule has 0 N–H and O–H groups in total. The molecule has 0 aliphatic carbocycles. The smallest absolute Gasteiger partial charge is 0.257 e. The molecule has 10 heavy (non-hydrogen) atoms. The lowest BCUT2D eigenvalue weighted by Crippen LogP contribution is -2.16.